The van der Waals surface area contributed by atoms with Gasteiger partial charge in [0.05, 0.1) is 20.3 Å². The highest BCUT2D eigenvalue weighted by molar-refractivity contribution is 5.95. The van der Waals surface area contributed by atoms with Gasteiger partial charge in [-0.15, -0.1) is 13.2 Å². The van der Waals surface area contributed by atoms with Gasteiger partial charge >= 0.3 is 6.36 Å². The molecule has 5 nitrogen and oxygen atoms in total. The standard InChI is InChI=1S/C21H22F3NO4/c1-12-16-8-9-25(13(2)19(16)18(28-4)11-17(12)27-3)20(26)14-6-5-7-15(10-14)29-21(22,23)24/h5-7,10-11,13H,8-9H2,1-4H3. The number of ether oxygens (including phenoxy) is 3. The van der Waals surface area contributed by atoms with Crippen LogP contribution in [0.5, 0.6) is 17.2 Å². The van der Waals surface area contributed by atoms with Crippen LogP contribution in [0.15, 0.2) is 30.3 Å². The Morgan fingerprint density at radius 3 is 2.45 bits per heavy atom. The van der Waals surface area contributed by atoms with Crippen LogP contribution in [0.4, 0.5) is 13.2 Å². The molecule has 2 aromatic rings. The third-order valence-corrected chi connectivity index (χ3v) is 5.18. The summed E-state index contributed by atoms with van der Waals surface area (Å²) in [5.74, 6) is 0.532. The maximum atomic E-state index is 13.1. The van der Waals surface area contributed by atoms with Crippen molar-refractivity contribution in [1.82, 2.24) is 4.90 Å². The number of alkyl halides is 3. The highest BCUT2D eigenvalue weighted by Gasteiger charge is 2.34. The minimum Gasteiger partial charge on any atom is -0.496 e. The van der Waals surface area contributed by atoms with E-state index in [4.69, 9.17) is 9.47 Å². The molecule has 1 aliphatic rings. The highest BCUT2D eigenvalue weighted by Crippen LogP contribution is 2.42. The summed E-state index contributed by atoms with van der Waals surface area (Å²) in [7, 11) is 3.14. The molecule has 1 atom stereocenters. The van der Waals surface area contributed by atoms with Crippen molar-refractivity contribution in [3.63, 3.8) is 0 Å². The molecule has 0 spiro atoms. The number of amides is 1. The number of benzene rings is 2. The van der Waals surface area contributed by atoms with Crippen molar-refractivity contribution in [1.29, 1.82) is 0 Å². The molecule has 0 radical (unpaired) electrons. The van der Waals surface area contributed by atoms with Gasteiger partial charge in [-0.25, -0.2) is 0 Å². The first-order chi connectivity index (χ1) is 13.7. The lowest BCUT2D eigenvalue weighted by atomic mass is 9.88. The van der Waals surface area contributed by atoms with Gasteiger partial charge in [0.1, 0.15) is 17.2 Å². The number of halogens is 3. The molecule has 3 rings (SSSR count). The minimum atomic E-state index is -4.82. The first-order valence-corrected chi connectivity index (χ1v) is 9.07. The Bertz CT molecular complexity index is 927. The fraction of sp³-hybridized carbons (Fsp3) is 0.381. The molecule has 156 valence electrons. The number of methoxy groups -OCH3 is 2. The topological polar surface area (TPSA) is 48.0 Å². The second-order valence-electron chi connectivity index (χ2n) is 6.80. The maximum Gasteiger partial charge on any atom is 0.573 e. The van der Waals surface area contributed by atoms with Crippen LogP contribution >= 0.6 is 0 Å². The summed E-state index contributed by atoms with van der Waals surface area (Å²) in [6, 6.07) is 6.58. The molecule has 0 saturated carbocycles. The number of nitrogens with zero attached hydrogens (tertiary/aromatic N) is 1. The first-order valence-electron chi connectivity index (χ1n) is 9.07. The van der Waals surface area contributed by atoms with E-state index in [9.17, 15) is 18.0 Å². The Morgan fingerprint density at radius 1 is 1.14 bits per heavy atom. The van der Waals surface area contributed by atoms with Gasteiger partial charge in [-0.05, 0) is 49.6 Å². The molecule has 1 aliphatic heterocycles. The van der Waals surface area contributed by atoms with E-state index in [0.29, 0.717) is 24.5 Å². The molecule has 2 aromatic carbocycles. The van der Waals surface area contributed by atoms with E-state index in [1.54, 1.807) is 25.2 Å². The van der Waals surface area contributed by atoms with Gasteiger partial charge in [-0.2, -0.15) is 0 Å². The van der Waals surface area contributed by atoms with E-state index < -0.39 is 12.1 Å². The van der Waals surface area contributed by atoms with Gasteiger partial charge in [0.25, 0.3) is 5.91 Å². The highest BCUT2D eigenvalue weighted by atomic mass is 19.4. The molecule has 1 amide bonds. The Kier molecular flexibility index (Phi) is 5.64. The molecule has 8 heteroatoms. The van der Waals surface area contributed by atoms with Crippen molar-refractivity contribution in [3.8, 4) is 17.2 Å². The predicted octanol–water partition coefficient (Wildman–Crippen LogP) is 4.67. The van der Waals surface area contributed by atoms with Crippen molar-refractivity contribution in [2.75, 3.05) is 20.8 Å². The molecule has 0 saturated heterocycles. The van der Waals surface area contributed by atoms with Crippen LogP contribution in [-0.4, -0.2) is 37.9 Å². The van der Waals surface area contributed by atoms with Crippen molar-refractivity contribution < 1.29 is 32.2 Å². The summed E-state index contributed by atoms with van der Waals surface area (Å²) in [5.41, 5.74) is 3.06. The number of carbonyl (C=O) groups excluding carboxylic acids is 1. The lowest BCUT2D eigenvalue weighted by Gasteiger charge is -2.37. The molecule has 29 heavy (non-hydrogen) atoms. The molecule has 0 bridgehead atoms. The summed E-state index contributed by atoms with van der Waals surface area (Å²) in [4.78, 5) is 14.7. The number of rotatable bonds is 4. The van der Waals surface area contributed by atoms with Crippen LogP contribution in [-0.2, 0) is 6.42 Å². The Morgan fingerprint density at radius 2 is 1.83 bits per heavy atom. The summed E-state index contributed by atoms with van der Waals surface area (Å²) >= 11 is 0. The van der Waals surface area contributed by atoms with E-state index in [-0.39, 0.29) is 17.5 Å². The number of carbonyl (C=O) groups is 1. The summed E-state index contributed by atoms with van der Waals surface area (Å²) < 4.78 is 52.4. The molecular weight excluding hydrogens is 387 g/mol. The van der Waals surface area contributed by atoms with Crippen LogP contribution in [0.1, 0.15) is 40.0 Å². The molecule has 0 aromatic heterocycles. The smallest absolute Gasteiger partial charge is 0.496 e. The molecule has 0 aliphatic carbocycles. The zero-order valence-corrected chi connectivity index (χ0v) is 16.6. The van der Waals surface area contributed by atoms with Crippen LogP contribution in [0.3, 0.4) is 0 Å². The summed E-state index contributed by atoms with van der Waals surface area (Å²) in [6.45, 7) is 4.26. The van der Waals surface area contributed by atoms with Crippen molar-refractivity contribution in [3.05, 3.63) is 52.6 Å². The van der Waals surface area contributed by atoms with Crippen LogP contribution < -0.4 is 14.2 Å². The van der Waals surface area contributed by atoms with Gasteiger partial charge in [-0.3, -0.25) is 4.79 Å². The summed E-state index contributed by atoms with van der Waals surface area (Å²) in [6.07, 6.45) is -4.23. The van der Waals surface area contributed by atoms with Gasteiger partial charge < -0.3 is 19.1 Å². The van der Waals surface area contributed by atoms with Gasteiger partial charge in [-0.1, -0.05) is 6.07 Å². The predicted molar refractivity (Wildman–Crippen MR) is 101 cm³/mol. The fourth-order valence-corrected chi connectivity index (χ4v) is 3.82. The largest absolute Gasteiger partial charge is 0.573 e. The third kappa shape index (κ3) is 4.11. The van der Waals surface area contributed by atoms with Crippen LogP contribution in [0.25, 0.3) is 0 Å². The van der Waals surface area contributed by atoms with Gasteiger partial charge in [0, 0.05) is 23.7 Å². The zero-order chi connectivity index (χ0) is 21.3. The molecular formula is C21H22F3NO4. The molecule has 1 unspecified atom stereocenters. The Balaban J connectivity index is 1.94. The van der Waals surface area contributed by atoms with E-state index in [1.807, 2.05) is 13.8 Å². The third-order valence-electron chi connectivity index (χ3n) is 5.18. The van der Waals surface area contributed by atoms with Crippen LogP contribution in [0, 0.1) is 6.92 Å². The average Bonchev–Trinajstić information content (AvgIpc) is 2.67. The van der Waals surface area contributed by atoms with Crippen molar-refractivity contribution in [2.45, 2.75) is 32.7 Å². The Labute approximate surface area is 167 Å². The van der Waals surface area contributed by atoms with Crippen molar-refractivity contribution >= 4 is 5.91 Å². The quantitative estimate of drug-likeness (QED) is 0.736. The minimum absolute atomic E-state index is 0.131. The molecule has 0 N–H and O–H groups in total. The van der Waals surface area contributed by atoms with Crippen LogP contribution in [0.2, 0.25) is 0 Å². The normalized spacial score (nSPS) is 16.2. The van der Waals surface area contributed by atoms with Gasteiger partial charge in [0.15, 0.2) is 0 Å². The van der Waals surface area contributed by atoms with E-state index >= 15 is 0 Å². The second kappa shape index (κ2) is 7.85. The average molecular weight is 409 g/mol. The Hall–Kier alpha value is -2.90. The number of fused-ring (bicyclic) bond motifs is 1. The number of hydrogen-bond acceptors (Lipinski definition) is 4. The van der Waals surface area contributed by atoms with Crippen molar-refractivity contribution in [2.24, 2.45) is 0 Å². The lowest BCUT2D eigenvalue weighted by molar-refractivity contribution is -0.274. The van der Waals surface area contributed by atoms with E-state index in [0.717, 1.165) is 28.8 Å². The SMILES string of the molecule is COc1cc(OC)c2c(c1C)CCN(C(=O)c1cccc(OC(F)(F)F)c1)C2C. The lowest BCUT2D eigenvalue weighted by Crippen LogP contribution is -2.39. The second-order valence-corrected chi connectivity index (χ2v) is 6.80. The first kappa shape index (κ1) is 20.8. The maximum absolute atomic E-state index is 13.1. The molecule has 1 heterocycles. The number of hydrogen-bond donors (Lipinski definition) is 0. The monoisotopic (exact) mass is 409 g/mol. The van der Waals surface area contributed by atoms with E-state index in [1.165, 1.54) is 12.1 Å². The van der Waals surface area contributed by atoms with E-state index in [2.05, 4.69) is 4.74 Å². The fourth-order valence-electron chi connectivity index (χ4n) is 3.82. The summed E-state index contributed by atoms with van der Waals surface area (Å²) in [5, 5.41) is 0. The molecule has 0 fully saturated rings. The van der Waals surface area contributed by atoms with Gasteiger partial charge in [0.2, 0.25) is 0 Å². The zero-order valence-electron chi connectivity index (χ0n) is 16.6.